The van der Waals surface area contributed by atoms with E-state index in [0.717, 1.165) is 5.56 Å². The van der Waals surface area contributed by atoms with Gasteiger partial charge in [0.1, 0.15) is 6.61 Å². The minimum absolute atomic E-state index is 0.236. The number of amides is 1. The molecule has 8 heteroatoms. The molecule has 0 aliphatic heterocycles. The number of hydrogen-bond donors (Lipinski definition) is 1. The Kier molecular flexibility index (Phi) is 7.57. The molecule has 30 heavy (non-hydrogen) atoms. The molecule has 5 nitrogen and oxygen atoms in total. The number of carbonyl (C=O) groups excluding carboxylic acids is 1. The Hall–Kier alpha value is -2.73. The van der Waals surface area contributed by atoms with Crippen LogP contribution in [0.2, 0.25) is 15.1 Å². The van der Waals surface area contributed by atoms with E-state index in [2.05, 4.69) is 10.5 Å². The lowest BCUT2D eigenvalue weighted by atomic mass is 10.2. The summed E-state index contributed by atoms with van der Waals surface area (Å²) in [7, 11) is 1.55. The van der Waals surface area contributed by atoms with Crippen molar-refractivity contribution >= 4 is 46.9 Å². The van der Waals surface area contributed by atoms with Crippen molar-refractivity contribution in [1.29, 1.82) is 0 Å². The number of hydrogen-bond acceptors (Lipinski definition) is 4. The molecule has 0 saturated carbocycles. The molecule has 0 heterocycles. The minimum atomic E-state index is -0.342. The van der Waals surface area contributed by atoms with Gasteiger partial charge in [0.15, 0.2) is 11.5 Å². The van der Waals surface area contributed by atoms with Crippen LogP contribution >= 0.6 is 34.8 Å². The van der Waals surface area contributed by atoms with Crippen molar-refractivity contribution in [2.45, 2.75) is 6.61 Å². The number of ether oxygens (including phenoxy) is 2. The number of carbonyl (C=O) groups is 1. The monoisotopic (exact) mass is 462 g/mol. The van der Waals surface area contributed by atoms with Gasteiger partial charge in [-0.15, -0.1) is 0 Å². The molecule has 0 bridgehead atoms. The highest BCUT2D eigenvalue weighted by Gasteiger charge is 2.08. The zero-order valence-electron chi connectivity index (χ0n) is 15.9. The standard InChI is InChI=1S/C22H17Cl3N2O3/c1-29-20-9-2-14(12-26-27-22(28)15-3-6-17(23)7-4-15)10-21(20)30-13-16-5-8-18(24)11-19(16)25/h2-12H,13H2,1H3,(H,27,28)/b26-12-. The molecule has 0 radical (unpaired) electrons. The Morgan fingerprint density at radius 2 is 1.70 bits per heavy atom. The second kappa shape index (κ2) is 10.3. The van der Waals surface area contributed by atoms with Crippen LogP contribution in [0.4, 0.5) is 0 Å². The molecule has 1 amide bonds. The van der Waals surface area contributed by atoms with Crippen molar-refractivity contribution in [2.24, 2.45) is 5.10 Å². The lowest BCUT2D eigenvalue weighted by Crippen LogP contribution is -2.17. The topological polar surface area (TPSA) is 59.9 Å². The van der Waals surface area contributed by atoms with Gasteiger partial charge in [-0.1, -0.05) is 40.9 Å². The average Bonchev–Trinajstić information content (AvgIpc) is 2.73. The highest BCUT2D eigenvalue weighted by Crippen LogP contribution is 2.29. The van der Waals surface area contributed by atoms with E-state index >= 15 is 0 Å². The summed E-state index contributed by atoms with van der Waals surface area (Å²) >= 11 is 17.9. The van der Waals surface area contributed by atoms with Gasteiger partial charge in [-0.05, 0) is 60.2 Å². The first-order valence-electron chi connectivity index (χ1n) is 8.80. The predicted molar refractivity (Wildman–Crippen MR) is 120 cm³/mol. The first kappa shape index (κ1) is 22.0. The maximum atomic E-state index is 12.1. The molecule has 154 valence electrons. The molecule has 3 aromatic carbocycles. The Morgan fingerprint density at radius 3 is 2.40 bits per heavy atom. The number of rotatable bonds is 7. The summed E-state index contributed by atoms with van der Waals surface area (Å²) in [6.45, 7) is 0.236. The van der Waals surface area contributed by atoms with Crippen molar-refractivity contribution in [3.05, 3.63) is 92.4 Å². The van der Waals surface area contributed by atoms with Gasteiger partial charge in [0.2, 0.25) is 0 Å². The van der Waals surface area contributed by atoms with E-state index in [9.17, 15) is 4.79 Å². The van der Waals surface area contributed by atoms with E-state index in [0.29, 0.717) is 37.7 Å². The largest absolute Gasteiger partial charge is 0.493 e. The minimum Gasteiger partial charge on any atom is -0.493 e. The number of halogens is 3. The second-order valence-corrected chi connectivity index (χ2v) is 7.42. The maximum Gasteiger partial charge on any atom is 0.271 e. The van der Waals surface area contributed by atoms with Gasteiger partial charge in [-0.3, -0.25) is 4.79 Å². The third-order valence-electron chi connectivity index (χ3n) is 4.07. The van der Waals surface area contributed by atoms with Crippen LogP contribution in [-0.2, 0) is 6.61 Å². The number of hydrazone groups is 1. The van der Waals surface area contributed by atoms with Crippen molar-refractivity contribution in [3.63, 3.8) is 0 Å². The summed E-state index contributed by atoms with van der Waals surface area (Å²) in [5, 5.41) is 5.62. The Morgan fingerprint density at radius 1 is 0.967 bits per heavy atom. The van der Waals surface area contributed by atoms with Crippen LogP contribution in [0.15, 0.2) is 65.8 Å². The summed E-state index contributed by atoms with van der Waals surface area (Å²) in [6, 6.07) is 17.0. The number of benzene rings is 3. The molecule has 0 spiro atoms. The molecule has 0 atom stereocenters. The Bertz CT molecular complexity index is 1070. The maximum absolute atomic E-state index is 12.1. The summed E-state index contributed by atoms with van der Waals surface area (Å²) in [4.78, 5) is 12.1. The second-order valence-electron chi connectivity index (χ2n) is 6.14. The summed E-state index contributed by atoms with van der Waals surface area (Å²) < 4.78 is 11.2. The summed E-state index contributed by atoms with van der Waals surface area (Å²) in [6.07, 6.45) is 1.51. The molecule has 3 rings (SSSR count). The smallest absolute Gasteiger partial charge is 0.271 e. The number of nitrogens with zero attached hydrogens (tertiary/aromatic N) is 1. The fraction of sp³-hybridized carbons (Fsp3) is 0.0909. The van der Waals surface area contributed by atoms with Gasteiger partial charge >= 0.3 is 0 Å². The van der Waals surface area contributed by atoms with Gasteiger partial charge in [-0.25, -0.2) is 5.43 Å². The predicted octanol–water partition coefficient (Wildman–Crippen LogP) is 6.00. The van der Waals surface area contributed by atoms with Gasteiger partial charge < -0.3 is 9.47 Å². The highest BCUT2D eigenvalue weighted by atomic mass is 35.5. The molecule has 1 N–H and O–H groups in total. The quantitative estimate of drug-likeness (QED) is 0.345. The van der Waals surface area contributed by atoms with Crippen LogP contribution in [-0.4, -0.2) is 19.2 Å². The SMILES string of the molecule is COc1ccc(/C=N\NC(=O)c2ccc(Cl)cc2)cc1OCc1ccc(Cl)cc1Cl. The zero-order chi connectivity index (χ0) is 21.5. The fourth-order valence-corrected chi connectivity index (χ4v) is 3.10. The lowest BCUT2D eigenvalue weighted by molar-refractivity contribution is 0.0955. The van der Waals surface area contributed by atoms with Crippen LogP contribution in [0.1, 0.15) is 21.5 Å². The van der Waals surface area contributed by atoms with E-state index in [-0.39, 0.29) is 12.5 Å². The van der Waals surface area contributed by atoms with Gasteiger partial charge in [0, 0.05) is 26.2 Å². The van der Waals surface area contributed by atoms with Crippen LogP contribution in [0.5, 0.6) is 11.5 Å². The van der Waals surface area contributed by atoms with Crippen molar-refractivity contribution in [1.82, 2.24) is 5.43 Å². The summed E-state index contributed by atoms with van der Waals surface area (Å²) in [5.74, 6) is 0.726. The van der Waals surface area contributed by atoms with Gasteiger partial charge in [-0.2, -0.15) is 5.10 Å². The number of nitrogens with one attached hydrogen (secondary N) is 1. The molecule has 0 saturated heterocycles. The third kappa shape index (κ3) is 5.89. The van der Waals surface area contributed by atoms with E-state index in [1.807, 2.05) is 0 Å². The van der Waals surface area contributed by atoms with E-state index < -0.39 is 0 Å². The van der Waals surface area contributed by atoms with E-state index in [4.69, 9.17) is 44.3 Å². The number of methoxy groups -OCH3 is 1. The lowest BCUT2D eigenvalue weighted by Gasteiger charge is -2.12. The normalized spacial score (nSPS) is 10.8. The van der Waals surface area contributed by atoms with Crippen molar-refractivity contribution < 1.29 is 14.3 Å². The Balaban J connectivity index is 1.68. The molecular weight excluding hydrogens is 447 g/mol. The van der Waals surface area contributed by atoms with Crippen molar-refractivity contribution in [2.75, 3.05) is 7.11 Å². The molecule has 3 aromatic rings. The van der Waals surface area contributed by atoms with Crippen LogP contribution in [0.25, 0.3) is 0 Å². The van der Waals surface area contributed by atoms with E-state index in [1.54, 1.807) is 67.8 Å². The molecule has 0 aliphatic rings. The highest BCUT2D eigenvalue weighted by molar-refractivity contribution is 6.35. The van der Waals surface area contributed by atoms with E-state index in [1.165, 1.54) is 6.21 Å². The zero-order valence-corrected chi connectivity index (χ0v) is 18.1. The first-order chi connectivity index (χ1) is 14.5. The third-order valence-corrected chi connectivity index (χ3v) is 4.91. The van der Waals surface area contributed by atoms with Crippen LogP contribution in [0, 0.1) is 0 Å². The molecular formula is C22H17Cl3N2O3. The fourth-order valence-electron chi connectivity index (χ4n) is 2.51. The molecule has 0 aliphatic carbocycles. The molecule has 0 aromatic heterocycles. The average molecular weight is 464 g/mol. The van der Waals surface area contributed by atoms with Gasteiger partial charge in [0.05, 0.1) is 13.3 Å². The van der Waals surface area contributed by atoms with Gasteiger partial charge in [0.25, 0.3) is 5.91 Å². The van der Waals surface area contributed by atoms with Crippen molar-refractivity contribution in [3.8, 4) is 11.5 Å². The first-order valence-corrected chi connectivity index (χ1v) is 9.93. The summed E-state index contributed by atoms with van der Waals surface area (Å²) in [5.41, 5.74) is 4.43. The van der Waals surface area contributed by atoms with Crippen LogP contribution < -0.4 is 14.9 Å². The van der Waals surface area contributed by atoms with Crippen LogP contribution in [0.3, 0.4) is 0 Å². The molecule has 0 unspecified atom stereocenters. The Labute approximate surface area is 189 Å². The molecule has 0 fully saturated rings.